The van der Waals surface area contributed by atoms with E-state index in [-0.39, 0.29) is 23.4 Å². The van der Waals surface area contributed by atoms with Crippen molar-refractivity contribution >= 4 is 33.8 Å². The molecule has 0 saturated carbocycles. The minimum absolute atomic E-state index is 0.0763. The summed E-state index contributed by atoms with van der Waals surface area (Å²) in [4.78, 5) is 29.4. The van der Waals surface area contributed by atoms with Crippen LogP contribution in [-0.2, 0) is 0 Å². The Hall–Kier alpha value is -4.99. The third-order valence-corrected chi connectivity index (χ3v) is 6.14. The molecular weight excluding hydrogens is 488 g/mol. The Morgan fingerprint density at radius 2 is 1.92 bits per heavy atom. The third-order valence-electron chi connectivity index (χ3n) is 6.14. The summed E-state index contributed by atoms with van der Waals surface area (Å²) in [6.45, 7) is 3.74. The number of hydrogen-bond donors (Lipinski definition) is 0. The van der Waals surface area contributed by atoms with Gasteiger partial charge in [0.1, 0.15) is 11.3 Å². The van der Waals surface area contributed by atoms with Gasteiger partial charge in [-0.05, 0) is 49.7 Å². The molecule has 0 aliphatic carbocycles. The molecule has 2 aromatic heterocycles. The van der Waals surface area contributed by atoms with E-state index in [1.165, 1.54) is 18.3 Å². The molecule has 0 fully saturated rings. The number of benzene rings is 3. The van der Waals surface area contributed by atoms with Crippen molar-refractivity contribution in [2.24, 2.45) is 5.10 Å². The number of ether oxygens (including phenoxy) is 2. The summed E-state index contributed by atoms with van der Waals surface area (Å²) in [5, 5.41) is 17.2. The number of methoxy groups -OCH3 is 1. The Bertz CT molecular complexity index is 1750. The maximum Gasteiger partial charge on any atom is 0.311 e. The molecule has 0 radical (unpaired) electrons. The van der Waals surface area contributed by atoms with Crippen LogP contribution < -0.4 is 15.0 Å². The number of hydrogen-bond acceptors (Lipinski definition) is 8. The number of nitrogens with zero attached hydrogens (tertiary/aromatic N) is 4. The molecule has 0 N–H and O–H groups in total. The first-order valence-corrected chi connectivity index (χ1v) is 12.0. The zero-order valence-corrected chi connectivity index (χ0v) is 21.0. The summed E-state index contributed by atoms with van der Waals surface area (Å²) < 4.78 is 18.5. The second-order valence-corrected chi connectivity index (χ2v) is 8.59. The van der Waals surface area contributed by atoms with Crippen molar-refractivity contribution in [2.45, 2.75) is 26.4 Å². The number of fused-ring (bicyclic) bond motifs is 2. The minimum Gasteiger partial charge on any atom is -0.496 e. The molecule has 5 aromatic rings. The molecule has 0 unspecified atom stereocenters. The molecule has 192 valence electrons. The Kier molecular flexibility index (Phi) is 6.61. The average Bonchev–Trinajstić information content (AvgIpc) is 3.37. The summed E-state index contributed by atoms with van der Waals surface area (Å²) in [5.74, 6) is 1.16. The predicted octanol–water partition coefficient (Wildman–Crippen LogP) is 5.79. The highest BCUT2D eigenvalue weighted by Gasteiger charge is 2.21. The summed E-state index contributed by atoms with van der Waals surface area (Å²) in [6, 6.07) is 18.6. The quantitative estimate of drug-likeness (QED) is 0.147. The van der Waals surface area contributed by atoms with Crippen LogP contribution in [0.15, 0.2) is 81.0 Å². The van der Waals surface area contributed by atoms with Gasteiger partial charge in [-0.15, -0.1) is 0 Å². The van der Waals surface area contributed by atoms with Gasteiger partial charge in [-0.3, -0.25) is 14.9 Å². The fraction of sp³-hybridized carbons (Fsp3) is 0.179. The molecule has 2 heterocycles. The van der Waals surface area contributed by atoms with Crippen molar-refractivity contribution in [1.82, 2.24) is 9.66 Å². The van der Waals surface area contributed by atoms with E-state index >= 15 is 0 Å². The predicted molar refractivity (Wildman–Crippen MR) is 144 cm³/mol. The second kappa shape index (κ2) is 10.2. The molecule has 0 amide bonds. The van der Waals surface area contributed by atoms with E-state index < -0.39 is 10.5 Å². The van der Waals surface area contributed by atoms with Crippen LogP contribution in [0.5, 0.6) is 11.5 Å². The van der Waals surface area contributed by atoms with E-state index in [0.717, 1.165) is 4.68 Å². The van der Waals surface area contributed by atoms with Gasteiger partial charge in [0.2, 0.25) is 11.6 Å². The van der Waals surface area contributed by atoms with Crippen LogP contribution in [0.2, 0.25) is 0 Å². The number of nitro benzene ring substituents is 1. The first-order chi connectivity index (χ1) is 18.4. The molecule has 0 spiro atoms. The lowest BCUT2D eigenvalue weighted by molar-refractivity contribution is -0.386. The van der Waals surface area contributed by atoms with Crippen LogP contribution in [0.3, 0.4) is 0 Å². The molecule has 1 atom stereocenters. The molecule has 0 aliphatic heterocycles. The standard InChI is InChI=1S/C28H24N4O6/c1-4-17(2)37-26-18(9-7-12-22(26)32(34)35)16-29-31-27(30-21-11-6-5-10-19(21)28(31)33)25-15-20-23(36-3)13-8-14-24(20)38-25/h5-17H,4H2,1-3H3/t17-/m1/s1. The average molecular weight is 513 g/mol. The molecule has 38 heavy (non-hydrogen) atoms. The molecule has 10 heteroatoms. The molecule has 0 bridgehead atoms. The van der Waals surface area contributed by atoms with Gasteiger partial charge in [-0.1, -0.05) is 31.2 Å². The molecule has 5 rings (SSSR count). The summed E-state index contributed by atoms with van der Waals surface area (Å²) in [6.07, 6.45) is 1.74. The number of para-hydroxylation sites is 2. The highest BCUT2D eigenvalue weighted by Crippen LogP contribution is 2.34. The van der Waals surface area contributed by atoms with Crippen molar-refractivity contribution in [2.75, 3.05) is 7.11 Å². The number of nitro groups is 1. The van der Waals surface area contributed by atoms with Crippen LogP contribution in [-0.4, -0.2) is 34.0 Å². The molecule has 0 saturated heterocycles. The highest BCUT2D eigenvalue weighted by atomic mass is 16.6. The first-order valence-electron chi connectivity index (χ1n) is 12.0. The van der Waals surface area contributed by atoms with Crippen molar-refractivity contribution in [1.29, 1.82) is 0 Å². The van der Waals surface area contributed by atoms with Gasteiger partial charge in [0.25, 0.3) is 5.56 Å². The lowest BCUT2D eigenvalue weighted by Crippen LogP contribution is -2.20. The summed E-state index contributed by atoms with van der Waals surface area (Å²) >= 11 is 0. The van der Waals surface area contributed by atoms with Gasteiger partial charge in [0.05, 0.1) is 40.6 Å². The lowest BCUT2D eigenvalue weighted by Gasteiger charge is -2.14. The van der Waals surface area contributed by atoms with Crippen molar-refractivity contribution in [3.63, 3.8) is 0 Å². The SMILES string of the molecule is CC[C@@H](C)Oc1c(C=Nn2c(-c3cc4c(OC)cccc4o3)nc3ccccc3c2=O)cccc1[N+](=O)[O-]. The summed E-state index contributed by atoms with van der Waals surface area (Å²) in [5.41, 5.74) is 0.756. The summed E-state index contributed by atoms with van der Waals surface area (Å²) in [7, 11) is 1.56. The number of furan rings is 1. The second-order valence-electron chi connectivity index (χ2n) is 8.59. The van der Waals surface area contributed by atoms with Gasteiger partial charge in [0.15, 0.2) is 5.76 Å². The minimum atomic E-state index is -0.508. The van der Waals surface area contributed by atoms with E-state index in [2.05, 4.69) is 10.1 Å². The third kappa shape index (κ3) is 4.47. The van der Waals surface area contributed by atoms with E-state index in [1.807, 2.05) is 19.9 Å². The maximum atomic E-state index is 13.6. The van der Waals surface area contributed by atoms with Gasteiger partial charge < -0.3 is 13.9 Å². The Morgan fingerprint density at radius 1 is 1.13 bits per heavy atom. The van der Waals surface area contributed by atoms with Crippen LogP contribution in [0.1, 0.15) is 25.8 Å². The molecule has 0 aliphatic rings. The number of aromatic nitrogens is 2. The van der Waals surface area contributed by atoms with Gasteiger partial charge >= 0.3 is 5.69 Å². The Balaban J connectivity index is 1.72. The van der Waals surface area contributed by atoms with E-state index in [0.29, 0.717) is 45.4 Å². The van der Waals surface area contributed by atoms with Crippen molar-refractivity contribution < 1.29 is 18.8 Å². The zero-order chi connectivity index (χ0) is 26.8. The normalized spacial score (nSPS) is 12.3. The van der Waals surface area contributed by atoms with E-state index in [1.54, 1.807) is 55.6 Å². The smallest absolute Gasteiger partial charge is 0.311 e. The fourth-order valence-corrected chi connectivity index (χ4v) is 4.03. The van der Waals surface area contributed by atoms with Crippen LogP contribution in [0, 0.1) is 10.1 Å². The highest BCUT2D eigenvalue weighted by molar-refractivity contribution is 5.89. The zero-order valence-electron chi connectivity index (χ0n) is 21.0. The van der Waals surface area contributed by atoms with Crippen LogP contribution >= 0.6 is 0 Å². The van der Waals surface area contributed by atoms with Gasteiger partial charge in [-0.25, -0.2) is 4.98 Å². The first kappa shape index (κ1) is 24.7. The van der Waals surface area contributed by atoms with E-state index in [9.17, 15) is 14.9 Å². The van der Waals surface area contributed by atoms with E-state index in [4.69, 9.17) is 13.9 Å². The fourth-order valence-electron chi connectivity index (χ4n) is 4.03. The van der Waals surface area contributed by atoms with Crippen LogP contribution in [0.25, 0.3) is 33.5 Å². The Morgan fingerprint density at radius 3 is 2.68 bits per heavy atom. The largest absolute Gasteiger partial charge is 0.496 e. The maximum absolute atomic E-state index is 13.6. The topological polar surface area (TPSA) is 122 Å². The molecule has 10 nitrogen and oxygen atoms in total. The van der Waals surface area contributed by atoms with Gasteiger partial charge in [0, 0.05) is 11.6 Å². The van der Waals surface area contributed by atoms with Crippen molar-refractivity contribution in [3.8, 4) is 23.1 Å². The van der Waals surface area contributed by atoms with Crippen LogP contribution in [0.4, 0.5) is 5.69 Å². The lowest BCUT2D eigenvalue weighted by atomic mass is 10.2. The number of rotatable bonds is 8. The molecular formula is C28H24N4O6. The Labute approximate surface area is 216 Å². The van der Waals surface area contributed by atoms with Gasteiger partial charge in [-0.2, -0.15) is 9.78 Å². The molecule has 3 aromatic carbocycles. The monoisotopic (exact) mass is 512 g/mol. The van der Waals surface area contributed by atoms with Crippen molar-refractivity contribution in [3.05, 3.63) is 92.8 Å².